The molecule has 1 aliphatic rings. The Kier molecular flexibility index (Phi) is 6.28. The molecule has 3 heterocycles. The number of thiophene rings is 1. The quantitative estimate of drug-likeness (QED) is 0.804. The molecule has 150 valence electrons. The SMILES string of the molecule is CC(C)NC(=O)c1cnc(N(C)C)nc1C1CCN(C(=O)Cc2cccs2)C1. The van der Waals surface area contributed by atoms with Crippen LogP contribution in [0.3, 0.4) is 0 Å². The second kappa shape index (κ2) is 8.68. The molecule has 2 aromatic rings. The van der Waals surface area contributed by atoms with Crippen molar-refractivity contribution in [3.63, 3.8) is 0 Å². The Morgan fingerprint density at radius 1 is 1.39 bits per heavy atom. The van der Waals surface area contributed by atoms with E-state index >= 15 is 0 Å². The molecule has 2 amide bonds. The highest BCUT2D eigenvalue weighted by molar-refractivity contribution is 7.10. The Morgan fingerprint density at radius 2 is 2.18 bits per heavy atom. The second-order valence-electron chi connectivity index (χ2n) is 7.57. The van der Waals surface area contributed by atoms with Gasteiger partial charge in [-0.25, -0.2) is 9.97 Å². The van der Waals surface area contributed by atoms with E-state index in [4.69, 9.17) is 0 Å². The predicted octanol–water partition coefficient (Wildman–Crippen LogP) is 2.30. The zero-order valence-electron chi connectivity index (χ0n) is 16.8. The highest BCUT2D eigenvalue weighted by atomic mass is 32.1. The zero-order valence-corrected chi connectivity index (χ0v) is 17.6. The number of aromatic nitrogens is 2. The zero-order chi connectivity index (χ0) is 20.3. The molecule has 2 aromatic heterocycles. The molecule has 0 saturated carbocycles. The molecule has 0 aliphatic carbocycles. The van der Waals surface area contributed by atoms with Gasteiger partial charge in [0.05, 0.1) is 17.7 Å². The van der Waals surface area contributed by atoms with Gasteiger partial charge < -0.3 is 15.1 Å². The summed E-state index contributed by atoms with van der Waals surface area (Å²) in [7, 11) is 3.75. The lowest BCUT2D eigenvalue weighted by Crippen LogP contribution is -2.33. The van der Waals surface area contributed by atoms with Gasteiger partial charge in [-0.2, -0.15) is 0 Å². The number of rotatable bonds is 6. The van der Waals surface area contributed by atoms with Gasteiger partial charge in [-0.15, -0.1) is 11.3 Å². The third-order valence-electron chi connectivity index (χ3n) is 4.70. The van der Waals surface area contributed by atoms with E-state index in [9.17, 15) is 9.59 Å². The minimum Gasteiger partial charge on any atom is -0.350 e. The average molecular weight is 402 g/mol. The summed E-state index contributed by atoms with van der Waals surface area (Å²) in [4.78, 5) is 39.1. The Morgan fingerprint density at radius 3 is 2.82 bits per heavy atom. The van der Waals surface area contributed by atoms with Crippen LogP contribution >= 0.6 is 11.3 Å². The van der Waals surface area contributed by atoms with Crippen LogP contribution in [0.25, 0.3) is 0 Å². The predicted molar refractivity (Wildman–Crippen MR) is 111 cm³/mol. The summed E-state index contributed by atoms with van der Waals surface area (Å²) in [5, 5.41) is 4.91. The van der Waals surface area contributed by atoms with Gasteiger partial charge in [-0.1, -0.05) is 6.07 Å². The molecule has 3 rings (SSSR count). The lowest BCUT2D eigenvalue weighted by atomic mass is 9.99. The molecule has 7 nitrogen and oxygen atoms in total. The number of hydrogen-bond acceptors (Lipinski definition) is 6. The molecular weight excluding hydrogens is 374 g/mol. The molecular formula is C20H27N5O2S. The number of hydrogen-bond donors (Lipinski definition) is 1. The second-order valence-corrected chi connectivity index (χ2v) is 8.61. The molecule has 1 N–H and O–H groups in total. The summed E-state index contributed by atoms with van der Waals surface area (Å²) in [6.45, 7) is 5.11. The number of amides is 2. The first-order chi connectivity index (χ1) is 13.3. The van der Waals surface area contributed by atoms with Crippen LogP contribution in [0.4, 0.5) is 5.95 Å². The first-order valence-corrected chi connectivity index (χ1v) is 10.4. The fraction of sp³-hybridized carbons (Fsp3) is 0.500. The normalized spacial score (nSPS) is 16.5. The van der Waals surface area contributed by atoms with Crippen molar-refractivity contribution in [3.8, 4) is 0 Å². The number of nitrogens with one attached hydrogen (secondary N) is 1. The van der Waals surface area contributed by atoms with Crippen molar-refractivity contribution < 1.29 is 9.59 Å². The van der Waals surface area contributed by atoms with Crippen LogP contribution in [0.15, 0.2) is 23.7 Å². The maximum absolute atomic E-state index is 12.7. The van der Waals surface area contributed by atoms with Crippen molar-refractivity contribution in [3.05, 3.63) is 39.8 Å². The fourth-order valence-electron chi connectivity index (χ4n) is 3.31. The van der Waals surface area contributed by atoms with E-state index in [-0.39, 0.29) is 23.8 Å². The van der Waals surface area contributed by atoms with E-state index in [1.807, 2.05) is 55.3 Å². The molecule has 8 heteroatoms. The third kappa shape index (κ3) is 4.67. The Balaban J connectivity index is 1.80. The van der Waals surface area contributed by atoms with Gasteiger partial charge in [0, 0.05) is 50.2 Å². The summed E-state index contributed by atoms with van der Waals surface area (Å²) in [6.07, 6.45) is 2.82. The number of nitrogens with zero attached hydrogens (tertiary/aromatic N) is 4. The van der Waals surface area contributed by atoms with Crippen molar-refractivity contribution in [1.82, 2.24) is 20.2 Å². The highest BCUT2D eigenvalue weighted by Crippen LogP contribution is 2.30. The van der Waals surface area contributed by atoms with Crippen LogP contribution in [0.5, 0.6) is 0 Å². The van der Waals surface area contributed by atoms with Crippen molar-refractivity contribution >= 4 is 29.1 Å². The van der Waals surface area contributed by atoms with Crippen LogP contribution in [0, 0.1) is 0 Å². The summed E-state index contributed by atoms with van der Waals surface area (Å²) >= 11 is 1.60. The van der Waals surface area contributed by atoms with E-state index < -0.39 is 0 Å². The van der Waals surface area contributed by atoms with Crippen LogP contribution in [-0.2, 0) is 11.2 Å². The van der Waals surface area contributed by atoms with Gasteiger partial charge in [0.15, 0.2) is 0 Å². The molecule has 0 radical (unpaired) electrons. The first kappa shape index (κ1) is 20.3. The van der Waals surface area contributed by atoms with E-state index in [1.54, 1.807) is 17.5 Å². The Labute approximate surface area is 169 Å². The topological polar surface area (TPSA) is 78.4 Å². The number of carbonyl (C=O) groups is 2. The van der Waals surface area contributed by atoms with Crippen molar-refractivity contribution in [2.75, 3.05) is 32.1 Å². The van der Waals surface area contributed by atoms with Crippen LogP contribution in [0.2, 0.25) is 0 Å². The van der Waals surface area contributed by atoms with E-state index in [1.165, 1.54) is 0 Å². The van der Waals surface area contributed by atoms with Crippen LogP contribution < -0.4 is 10.2 Å². The van der Waals surface area contributed by atoms with Gasteiger partial charge in [-0.05, 0) is 31.7 Å². The van der Waals surface area contributed by atoms with E-state index in [0.717, 1.165) is 17.0 Å². The van der Waals surface area contributed by atoms with E-state index in [2.05, 4.69) is 15.3 Å². The van der Waals surface area contributed by atoms with Gasteiger partial charge in [0.25, 0.3) is 5.91 Å². The number of carbonyl (C=O) groups excluding carboxylic acids is 2. The molecule has 0 aromatic carbocycles. The Bertz CT molecular complexity index is 835. The minimum absolute atomic E-state index is 0.0290. The highest BCUT2D eigenvalue weighted by Gasteiger charge is 2.32. The Hall–Kier alpha value is -2.48. The van der Waals surface area contributed by atoms with E-state index in [0.29, 0.717) is 31.0 Å². The molecule has 28 heavy (non-hydrogen) atoms. The third-order valence-corrected chi connectivity index (χ3v) is 5.58. The lowest BCUT2D eigenvalue weighted by molar-refractivity contribution is -0.129. The van der Waals surface area contributed by atoms with Gasteiger partial charge in [-0.3, -0.25) is 9.59 Å². The molecule has 1 saturated heterocycles. The molecule has 1 unspecified atom stereocenters. The maximum Gasteiger partial charge on any atom is 0.254 e. The van der Waals surface area contributed by atoms with Crippen molar-refractivity contribution in [2.24, 2.45) is 0 Å². The summed E-state index contributed by atoms with van der Waals surface area (Å²) in [5.74, 6) is 0.556. The molecule has 0 spiro atoms. The molecule has 0 bridgehead atoms. The summed E-state index contributed by atoms with van der Waals surface area (Å²) in [6, 6.07) is 3.98. The molecule has 1 fully saturated rings. The maximum atomic E-state index is 12.7. The summed E-state index contributed by atoms with van der Waals surface area (Å²) in [5.41, 5.74) is 1.22. The largest absolute Gasteiger partial charge is 0.350 e. The number of anilines is 1. The van der Waals surface area contributed by atoms with Crippen molar-refractivity contribution in [2.45, 2.75) is 38.6 Å². The first-order valence-electron chi connectivity index (χ1n) is 9.50. The smallest absolute Gasteiger partial charge is 0.254 e. The fourth-order valence-corrected chi connectivity index (χ4v) is 4.01. The van der Waals surface area contributed by atoms with Crippen LogP contribution in [0.1, 0.15) is 47.1 Å². The number of likely N-dealkylation sites (tertiary alicyclic amines) is 1. The van der Waals surface area contributed by atoms with Gasteiger partial charge in [0.2, 0.25) is 11.9 Å². The van der Waals surface area contributed by atoms with Gasteiger partial charge in [0.1, 0.15) is 0 Å². The monoisotopic (exact) mass is 401 g/mol. The average Bonchev–Trinajstić information content (AvgIpc) is 3.32. The van der Waals surface area contributed by atoms with Crippen LogP contribution in [-0.4, -0.2) is 59.9 Å². The molecule has 1 atom stereocenters. The van der Waals surface area contributed by atoms with Gasteiger partial charge >= 0.3 is 0 Å². The minimum atomic E-state index is -0.168. The summed E-state index contributed by atoms with van der Waals surface area (Å²) < 4.78 is 0. The molecule has 1 aliphatic heterocycles. The standard InChI is InChI=1S/C20H27N5O2S/c1-13(2)22-19(27)16-11-21-20(24(3)4)23-18(16)14-7-8-25(12-14)17(26)10-15-6-5-9-28-15/h5-6,9,11,13-14H,7-8,10,12H2,1-4H3,(H,22,27). The lowest BCUT2D eigenvalue weighted by Gasteiger charge is -2.19. The van der Waals surface area contributed by atoms with Crippen molar-refractivity contribution in [1.29, 1.82) is 0 Å².